The number of nitrogens with zero attached hydrogens (tertiary/aromatic N) is 2. The van der Waals surface area contributed by atoms with Gasteiger partial charge in [0.1, 0.15) is 10.7 Å². The summed E-state index contributed by atoms with van der Waals surface area (Å²) in [5.74, 6) is 0.310. The predicted octanol–water partition coefficient (Wildman–Crippen LogP) is 4.44. The molecule has 1 N–H and O–H groups in total. The van der Waals surface area contributed by atoms with Crippen LogP contribution in [0, 0.1) is 6.92 Å². The maximum atomic E-state index is 12.5. The van der Waals surface area contributed by atoms with Gasteiger partial charge in [-0.15, -0.1) is 23.1 Å². The molecule has 2 heterocycles. The Balaban J connectivity index is 1.56. The summed E-state index contributed by atoms with van der Waals surface area (Å²) < 4.78 is 1.20. The molecular weight excluding hydrogens is 402 g/mol. The van der Waals surface area contributed by atoms with E-state index in [1.165, 1.54) is 27.8 Å². The van der Waals surface area contributed by atoms with Crippen molar-refractivity contribution in [2.75, 3.05) is 11.2 Å². The van der Waals surface area contributed by atoms with E-state index in [0.717, 1.165) is 15.7 Å². The number of hydrogen-bond donors (Lipinski definition) is 1. The van der Waals surface area contributed by atoms with Crippen LogP contribution in [0.1, 0.15) is 5.82 Å². The number of halogens is 1. The topological polar surface area (TPSA) is 64.0 Å². The van der Waals surface area contributed by atoms with Crippen molar-refractivity contribution in [3.8, 4) is 0 Å². The highest BCUT2D eigenvalue weighted by atomic mass is 35.5. The minimum atomic E-state index is -0.286. The number of thioether (sulfide) groups is 1. The molecule has 0 fully saturated rings. The van der Waals surface area contributed by atoms with Crippen molar-refractivity contribution < 1.29 is 4.79 Å². The highest BCUT2D eigenvalue weighted by Gasteiger charge is 2.13. The second-order valence-electron chi connectivity index (χ2n) is 5.86. The van der Waals surface area contributed by atoms with E-state index in [-0.39, 0.29) is 17.2 Å². The number of amides is 1. The molecule has 8 heteroatoms. The molecule has 0 aliphatic rings. The summed E-state index contributed by atoms with van der Waals surface area (Å²) in [4.78, 5) is 30.9. The smallest absolute Gasteiger partial charge is 0.272 e. The molecule has 0 bridgehead atoms. The fraction of sp³-hybridized carbons (Fsp3) is 0.105. The second-order valence-corrected chi connectivity index (χ2v) is 8.18. The monoisotopic (exact) mass is 415 g/mol. The molecule has 1 amide bonds. The van der Waals surface area contributed by atoms with Gasteiger partial charge < -0.3 is 0 Å². The molecular formula is C19H14ClN3O2S2. The molecule has 0 radical (unpaired) electrons. The zero-order valence-corrected chi connectivity index (χ0v) is 16.6. The van der Waals surface area contributed by atoms with Crippen molar-refractivity contribution >= 4 is 61.6 Å². The maximum Gasteiger partial charge on any atom is 0.281 e. The molecule has 4 rings (SSSR count). The average Bonchev–Trinajstić information content (AvgIpc) is 3.12. The van der Waals surface area contributed by atoms with Crippen LogP contribution in [0.25, 0.3) is 21.0 Å². The number of nitrogens with one attached hydrogen (secondary N) is 1. The summed E-state index contributed by atoms with van der Waals surface area (Å²) in [6, 6.07) is 13.3. The minimum Gasteiger partial charge on any atom is -0.272 e. The Hall–Kier alpha value is -2.35. The maximum absolute atomic E-state index is 12.5. The summed E-state index contributed by atoms with van der Waals surface area (Å²) in [5, 5.41) is 4.90. The van der Waals surface area contributed by atoms with Crippen LogP contribution in [-0.4, -0.2) is 21.3 Å². The van der Waals surface area contributed by atoms with Crippen molar-refractivity contribution in [3.05, 3.63) is 69.0 Å². The second kappa shape index (κ2) is 7.34. The highest BCUT2D eigenvalue weighted by Crippen LogP contribution is 2.33. The van der Waals surface area contributed by atoms with E-state index < -0.39 is 0 Å². The Labute approximate surface area is 168 Å². The largest absolute Gasteiger partial charge is 0.281 e. The van der Waals surface area contributed by atoms with E-state index in [0.29, 0.717) is 21.1 Å². The average molecular weight is 416 g/mol. The third kappa shape index (κ3) is 3.45. The Morgan fingerprint density at radius 3 is 2.85 bits per heavy atom. The fourth-order valence-electron chi connectivity index (χ4n) is 2.83. The molecule has 0 aliphatic carbocycles. The third-order valence-electron chi connectivity index (χ3n) is 4.08. The molecule has 2 aromatic carbocycles. The van der Waals surface area contributed by atoms with Crippen molar-refractivity contribution in [1.82, 2.24) is 9.66 Å². The van der Waals surface area contributed by atoms with Crippen LogP contribution in [0.2, 0.25) is 5.02 Å². The number of aryl methyl sites for hydroxylation is 1. The highest BCUT2D eigenvalue weighted by molar-refractivity contribution is 8.00. The number of rotatable bonds is 4. The van der Waals surface area contributed by atoms with E-state index in [1.54, 1.807) is 13.0 Å². The molecule has 27 heavy (non-hydrogen) atoms. The van der Waals surface area contributed by atoms with Gasteiger partial charge in [-0.25, -0.2) is 9.66 Å². The lowest BCUT2D eigenvalue weighted by atomic mass is 10.1. The van der Waals surface area contributed by atoms with E-state index in [9.17, 15) is 9.59 Å². The van der Waals surface area contributed by atoms with Gasteiger partial charge >= 0.3 is 0 Å². The van der Waals surface area contributed by atoms with Crippen LogP contribution in [-0.2, 0) is 4.79 Å². The third-order valence-corrected chi connectivity index (χ3v) is 6.26. The SMILES string of the molecule is Cc1nc2sccc2c(=O)n1NC(=O)CSc1cccc2cccc(Cl)c12. The van der Waals surface area contributed by atoms with Gasteiger partial charge in [0.05, 0.1) is 11.1 Å². The van der Waals surface area contributed by atoms with E-state index in [2.05, 4.69) is 10.4 Å². The molecule has 0 atom stereocenters. The molecule has 0 saturated heterocycles. The van der Waals surface area contributed by atoms with Gasteiger partial charge in [-0.3, -0.25) is 15.0 Å². The zero-order chi connectivity index (χ0) is 19.0. The summed E-state index contributed by atoms with van der Waals surface area (Å²) >= 11 is 9.10. The van der Waals surface area contributed by atoms with Crippen LogP contribution in [0.4, 0.5) is 0 Å². The van der Waals surface area contributed by atoms with E-state index >= 15 is 0 Å². The quantitative estimate of drug-likeness (QED) is 0.500. The lowest BCUT2D eigenvalue weighted by molar-refractivity contribution is -0.114. The Kier molecular flexibility index (Phi) is 4.90. The predicted molar refractivity (Wildman–Crippen MR) is 113 cm³/mol. The number of carbonyl (C=O) groups excluding carboxylic acids is 1. The van der Waals surface area contributed by atoms with Gasteiger partial charge in [0, 0.05) is 15.3 Å². The first-order valence-electron chi connectivity index (χ1n) is 8.11. The van der Waals surface area contributed by atoms with Crippen LogP contribution in [0.3, 0.4) is 0 Å². The Morgan fingerprint density at radius 1 is 1.26 bits per heavy atom. The number of benzene rings is 2. The number of aromatic nitrogens is 2. The minimum absolute atomic E-state index is 0.151. The van der Waals surface area contributed by atoms with Gasteiger partial charge in [0.15, 0.2) is 0 Å². The normalized spacial score (nSPS) is 11.2. The first-order chi connectivity index (χ1) is 13.0. The first kappa shape index (κ1) is 18.0. The zero-order valence-electron chi connectivity index (χ0n) is 14.2. The number of hydrogen-bond acceptors (Lipinski definition) is 5. The molecule has 136 valence electrons. The molecule has 0 spiro atoms. The Morgan fingerprint density at radius 2 is 2.04 bits per heavy atom. The van der Waals surface area contributed by atoms with Crippen LogP contribution in [0.5, 0.6) is 0 Å². The molecule has 5 nitrogen and oxygen atoms in total. The number of thiophene rings is 1. The molecule has 2 aromatic heterocycles. The van der Waals surface area contributed by atoms with Gasteiger partial charge in [-0.1, -0.05) is 35.9 Å². The summed E-state index contributed by atoms with van der Waals surface area (Å²) in [5.41, 5.74) is 2.37. The summed E-state index contributed by atoms with van der Waals surface area (Å²) in [7, 11) is 0. The summed E-state index contributed by atoms with van der Waals surface area (Å²) in [6.07, 6.45) is 0. The molecule has 4 aromatic rings. The van der Waals surface area contributed by atoms with Gasteiger partial charge in [-0.05, 0) is 35.9 Å². The lowest BCUT2D eigenvalue weighted by Crippen LogP contribution is -2.36. The molecule has 0 aliphatic heterocycles. The molecule has 0 saturated carbocycles. The van der Waals surface area contributed by atoms with Gasteiger partial charge in [-0.2, -0.15) is 0 Å². The van der Waals surface area contributed by atoms with Crippen LogP contribution in [0.15, 0.2) is 57.5 Å². The van der Waals surface area contributed by atoms with E-state index in [4.69, 9.17) is 11.6 Å². The van der Waals surface area contributed by atoms with Crippen molar-refractivity contribution in [1.29, 1.82) is 0 Å². The van der Waals surface area contributed by atoms with Crippen molar-refractivity contribution in [3.63, 3.8) is 0 Å². The van der Waals surface area contributed by atoms with Crippen LogP contribution >= 0.6 is 34.7 Å². The first-order valence-corrected chi connectivity index (χ1v) is 10.4. The van der Waals surface area contributed by atoms with Crippen molar-refractivity contribution in [2.24, 2.45) is 0 Å². The number of fused-ring (bicyclic) bond motifs is 2. The Bertz CT molecular complexity index is 1230. The van der Waals surface area contributed by atoms with E-state index in [1.807, 2.05) is 41.8 Å². The lowest BCUT2D eigenvalue weighted by Gasteiger charge is -2.11. The van der Waals surface area contributed by atoms with Crippen LogP contribution < -0.4 is 11.0 Å². The van der Waals surface area contributed by atoms with Gasteiger partial charge in [0.25, 0.3) is 5.56 Å². The summed E-state index contributed by atoms with van der Waals surface area (Å²) in [6.45, 7) is 1.69. The fourth-order valence-corrected chi connectivity index (χ4v) is 4.87. The standard InChI is InChI=1S/C19H14ClN3O2S2/c1-11-21-18-13(8-9-26-18)19(25)23(11)22-16(24)10-27-15-7-3-5-12-4-2-6-14(20)17(12)15/h2-9H,10H2,1H3,(H,22,24). The number of carbonyl (C=O) groups is 1. The van der Waals surface area contributed by atoms with Crippen molar-refractivity contribution in [2.45, 2.75) is 11.8 Å². The molecule has 0 unspecified atom stereocenters. The van der Waals surface area contributed by atoms with Gasteiger partial charge in [0.2, 0.25) is 5.91 Å².